The van der Waals surface area contributed by atoms with Gasteiger partial charge in [-0.3, -0.25) is 4.79 Å². The smallest absolute Gasteiger partial charge is 0.252 e. The van der Waals surface area contributed by atoms with Crippen LogP contribution in [0.1, 0.15) is 51.4 Å². The Labute approximate surface area is 190 Å². The number of pyridine rings is 1. The SMILES string of the molecule is CC1(C)CN(C(=O)CCl)c2cc(Cc3ccc(F)cc3)c(O[Si](C)(C)C(C)(C)C)nc21. The van der Waals surface area contributed by atoms with Crippen LogP contribution in [0.3, 0.4) is 0 Å². The van der Waals surface area contributed by atoms with Crippen LogP contribution in [0.5, 0.6) is 5.88 Å². The molecule has 1 aliphatic rings. The summed E-state index contributed by atoms with van der Waals surface area (Å²) in [6.07, 6.45) is 0.536. The highest BCUT2D eigenvalue weighted by molar-refractivity contribution is 6.74. The Morgan fingerprint density at radius 3 is 2.42 bits per heavy atom. The number of carbonyl (C=O) groups excluding carboxylic acids is 1. The average molecular weight is 463 g/mol. The molecule has 0 aliphatic carbocycles. The zero-order valence-corrected chi connectivity index (χ0v) is 21.2. The third-order valence-electron chi connectivity index (χ3n) is 6.41. The van der Waals surface area contributed by atoms with E-state index in [0.717, 1.165) is 22.5 Å². The molecule has 1 aliphatic heterocycles. The quantitative estimate of drug-likeness (QED) is 0.400. The molecule has 2 aromatic rings. The largest absolute Gasteiger partial charge is 0.530 e. The Morgan fingerprint density at radius 1 is 1.26 bits per heavy atom. The Hall–Kier alpha value is -1.92. The van der Waals surface area contributed by atoms with Gasteiger partial charge in [0, 0.05) is 23.9 Å². The second-order valence-electron chi connectivity index (χ2n) is 10.5. The number of amides is 1. The molecule has 0 saturated heterocycles. The highest BCUT2D eigenvalue weighted by Crippen LogP contribution is 2.44. The second kappa shape index (κ2) is 8.21. The molecule has 7 heteroatoms. The van der Waals surface area contributed by atoms with Gasteiger partial charge in [0.05, 0.1) is 11.4 Å². The zero-order chi connectivity index (χ0) is 23.2. The molecule has 1 aromatic carbocycles. The molecule has 1 aromatic heterocycles. The van der Waals surface area contributed by atoms with Gasteiger partial charge in [0.1, 0.15) is 11.7 Å². The van der Waals surface area contributed by atoms with Crippen LogP contribution in [0.15, 0.2) is 30.3 Å². The van der Waals surface area contributed by atoms with E-state index in [1.165, 1.54) is 12.1 Å². The fourth-order valence-electron chi connectivity index (χ4n) is 3.51. The summed E-state index contributed by atoms with van der Waals surface area (Å²) in [6.45, 7) is 15.6. The van der Waals surface area contributed by atoms with Crippen LogP contribution in [0.2, 0.25) is 18.1 Å². The van der Waals surface area contributed by atoms with Crippen molar-refractivity contribution in [3.8, 4) is 5.88 Å². The number of aromatic nitrogens is 1. The Balaban J connectivity index is 2.14. The molecule has 4 nitrogen and oxygen atoms in total. The molecule has 0 fully saturated rings. The number of anilines is 1. The van der Waals surface area contributed by atoms with E-state index in [0.29, 0.717) is 18.8 Å². The maximum atomic E-state index is 13.4. The summed E-state index contributed by atoms with van der Waals surface area (Å²) in [5.41, 5.74) is 3.17. The number of hydrogen-bond donors (Lipinski definition) is 0. The third kappa shape index (κ3) is 4.80. The minimum absolute atomic E-state index is 0.0109. The molecule has 0 unspecified atom stereocenters. The Morgan fingerprint density at radius 2 is 1.87 bits per heavy atom. The van der Waals surface area contributed by atoms with Crippen LogP contribution in [0, 0.1) is 5.82 Å². The van der Waals surface area contributed by atoms with E-state index in [-0.39, 0.29) is 28.1 Å². The van der Waals surface area contributed by atoms with Crippen molar-refractivity contribution in [3.05, 3.63) is 53.0 Å². The molecule has 0 N–H and O–H groups in total. The maximum absolute atomic E-state index is 13.4. The molecular formula is C24H32ClFN2O2Si. The van der Waals surface area contributed by atoms with Crippen LogP contribution in [0.25, 0.3) is 0 Å². The number of alkyl halides is 1. The minimum atomic E-state index is -2.15. The summed E-state index contributed by atoms with van der Waals surface area (Å²) in [5.74, 6) is 0.128. The lowest BCUT2D eigenvalue weighted by Gasteiger charge is -2.36. The van der Waals surface area contributed by atoms with Crippen LogP contribution in [-0.4, -0.2) is 31.6 Å². The van der Waals surface area contributed by atoms with Gasteiger partial charge in [-0.05, 0) is 41.9 Å². The van der Waals surface area contributed by atoms with Gasteiger partial charge in [-0.15, -0.1) is 11.6 Å². The number of halogens is 2. The molecule has 1 amide bonds. The molecule has 0 bridgehead atoms. The summed E-state index contributed by atoms with van der Waals surface area (Å²) >= 11 is 5.88. The Bertz CT molecular complexity index is 984. The minimum Gasteiger partial charge on any atom is -0.530 e. The van der Waals surface area contributed by atoms with Gasteiger partial charge in [0.15, 0.2) is 0 Å². The molecule has 0 spiro atoms. The number of hydrogen-bond acceptors (Lipinski definition) is 3. The van der Waals surface area contributed by atoms with E-state index in [1.807, 2.05) is 6.07 Å². The second-order valence-corrected chi connectivity index (χ2v) is 15.5. The molecule has 0 saturated carbocycles. The van der Waals surface area contributed by atoms with Crippen molar-refractivity contribution in [2.24, 2.45) is 0 Å². The first-order valence-electron chi connectivity index (χ1n) is 10.6. The van der Waals surface area contributed by atoms with Gasteiger partial charge >= 0.3 is 0 Å². The van der Waals surface area contributed by atoms with E-state index in [9.17, 15) is 9.18 Å². The van der Waals surface area contributed by atoms with Crippen molar-refractivity contribution in [1.29, 1.82) is 0 Å². The number of fused-ring (bicyclic) bond motifs is 1. The predicted molar refractivity (Wildman–Crippen MR) is 127 cm³/mol. The van der Waals surface area contributed by atoms with Gasteiger partial charge in [-0.25, -0.2) is 9.37 Å². The summed E-state index contributed by atoms with van der Waals surface area (Å²) in [4.78, 5) is 19.2. The maximum Gasteiger partial charge on any atom is 0.252 e. The highest BCUT2D eigenvalue weighted by atomic mass is 35.5. The monoisotopic (exact) mass is 462 g/mol. The van der Waals surface area contributed by atoms with Gasteiger partial charge in [-0.1, -0.05) is 46.8 Å². The van der Waals surface area contributed by atoms with Gasteiger partial charge in [0.2, 0.25) is 11.8 Å². The fraction of sp³-hybridized carbons (Fsp3) is 0.500. The number of benzene rings is 1. The van der Waals surface area contributed by atoms with Gasteiger partial charge in [-0.2, -0.15) is 0 Å². The van der Waals surface area contributed by atoms with Crippen molar-refractivity contribution in [3.63, 3.8) is 0 Å². The molecule has 0 atom stereocenters. The first kappa shape index (κ1) is 23.7. The van der Waals surface area contributed by atoms with E-state index < -0.39 is 8.32 Å². The number of carbonyl (C=O) groups is 1. The molecule has 3 rings (SSSR count). The summed E-state index contributed by atoms with van der Waals surface area (Å²) < 4.78 is 20.1. The first-order valence-corrected chi connectivity index (χ1v) is 14.0. The fourth-order valence-corrected chi connectivity index (χ4v) is 4.62. The molecule has 168 valence electrons. The molecule has 2 heterocycles. The lowest BCUT2D eigenvalue weighted by atomic mass is 9.91. The summed E-state index contributed by atoms with van der Waals surface area (Å²) in [5, 5.41) is 0.0109. The van der Waals surface area contributed by atoms with Gasteiger partial charge in [0.25, 0.3) is 8.32 Å². The topological polar surface area (TPSA) is 42.4 Å². The standard InChI is InChI=1S/C24H32ClFN2O2Si/c1-23(2,3)31(6,7)30-22-17(12-16-8-10-18(26)11-9-16)13-19-21(27-22)24(4,5)15-28(19)20(29)14-25/h8-11,13H,12,14-15H2,1-7H3. The normalized spacial score (nSPS) is 15.7. The molecule has 0 radical (unpaired) electrons. The van der Waals surface area contributed by atoms with E-state index in [2.05, 4.69) is 47.7 Å². The average Bonchev–Trinajstić information content (AvgIpc) is 2.92. The first-order chi connectivity index (χ1) is 14.2. The van der Waals surface area contributed by atoms with Crippen molar-refractivity contribution >= 4 is 31.5 Å². The van der Waals surface area contributed by atoms with E-state index >= 15 is 0 Å². The molecular weight excluding hydrogens is 431 g/mol. The van der Waals surface area contributed by atoms with Crippen molar-refractivity contribution in [2.75, 3.05) is 17.3 Å². The van der Waals surface area contributed by atoms with E-state index in [1.54, 1.807) is 17.0 Å². The van der Waals surface area contributed by atoms with E-state index in [4.69, 9.17) is 21.0 Å². The van der Waals surface area contributed by atoms with Crippen LogP contribution >= 0.6 is 11.6 Å². The van der Waals surface area contributed by atoms with Crippen molar-refractivity contribution in [2.45, 2.75) is 64.6 Å². The summed E-state index contributed by atoms with van der Waals surface area (Å²) in [7, 11) is -2.15. The summed E-state index contributed by atoms with van der Waals surface area (Å²) in [6, 6.07) is 8.45. The predicted octanol–water partition coefficient (Wildman–Crippen LogP) is 6.06. The lowest BCUT2D eigenvalue weighted by molar-refractivity contribution is -0.116. The number of rotatable bonds is 5. The number of nitrogens with zero attached hydrogens (tertiary/aromatic N) is 2. The zero-order valence-electron chi connectivity index (χ0n) is 19.5. The van der Waals surface area contributed by atoms with Crippen LogP contribution < -0.4 is 9.33 Å². The van der Waals surface area contributed by atoms with Crippen LogP contribution in [-0.2, 0) is 16.6 Å². The lowest BCUT2D eigenvalue weighted by Crippen LogP contribution is -2.44. The van der Waals surface area contributed by atoms with Crippen molar-refractivity contribution < 1.29 is 13.6 Å². The van der Waals surface area contributed by atoms with Gasteiger partial charge < -0.3 is 9.33 Å². The molecule has 31 heavy (non-hydrogen) atoms. The van der Waals surface area contributed by atoms with Crippen LogP contribution in [0.4, 0.5) is 10.1 Å². The third-order valence-corrected chi connectivity index (χ3v) is 11.0. The highest BCUT2D eigenvalue weighted by Gasteiger charge is 2.43. The Kier molecular flexibility index (Phi) is 6.28. The van der Waals surface area contributed by atoms with Crippen molar-refractivity contribution in [1.82, 2.24) is 4.98 Å².